The molecule has 2 aromatic heterocycles. The fourth-order valence-electron chi connectivity index (χ4n) is 3.95. The number of benzene rings is 1. The number of nitrogens with zero attached hydrogens (tertiary/aromatic N) is 3. The van der Waals surface area contributed by atoms with Crippen molar-refractivity contribution in [1.82, 2.24) is 9.97 Å². The zero-order valence-corrected chi connectivity index (χ0v) is 18.2. The van der Waals surface area contributed by atoms with Gasteiger partial charge in [0.05, 0.1) is 30.5 Å². The van der Waals surface area contributed by atoms with Gasteiger partial charge in [0.25, 0.3) is 0 Å². The van der Waals surface area contributed by atoms with Crippen LogP contribution in [0, 0.1) is 6.92 Å². The van der Waals surface area contributed by atoms with Crippen LogP contribution in [0.15, 0.2) is 60.9 Å². The number of rotatable bonds is 5. The van der Waals surface area contributed by atoms with Crippen LogP contribution in [0.3, 0.4) is 0 Å². The molecule has 1 N–H and O–H groups in total. The Balaban J connectivity index is 1.34. The molecule has 1 aromatic carbocycles. The van der Waals surface area contributed by atoms with Gasteiger partial charge >= 0.3 is 0 Å². The van der Waals surface area contributed by atoms with Gasteiger partial charge in [-0.15, -0.1) is 0 Å². The van der Waals surface area contributed by atoms with Crippen molar-refractivity contribution < 1.29 is 9.53 Å². The van der Waals surface area contributed by atoms with Gasteiger partial charge in [-0.25, -0.2) is 4.98 Å². The molecule has 160 valence electrons. The molecule has 31 heavy (non-hydrogen) atoms. The smallest absolute Gasteiger partial charge is 0.229 e. The highest BCUT2D eigenvalue weighted by Gasteiger charge is 2.22. The van der Waals surface area contributed by atoms with Crippen LogP contribution in [-0.4, -0.2) is 41.2 Å². The van der Waals surface area contributed by atoms with Crippen LogP contribution in [0.25, 0.3) is 11.1 Å². The summed E-state index contributed by atoms with van der Waals surface area (Å²) in [5, 5.41) is 2.89. The number of carbonyl (C=O) groups is 1. The van der Waals surface area contributed by atoms with Gasteiger partial charge in [0.15, 0.2) is 0 Å². The Bertz CT molecular complexity index is 1020. The number of anilines is 2. The normalized spacial score (nSPS) is 18.6. The van der Waals surface area contributed by atoms with E-state index in [0.717, 1.165) is 41.2 Å². The number of amides is 1. The molecule has 2 unspecified atom stereocenters. The Labute approximate surface area is 183 Å². The maximum atomic E-state index is 12.5. The summed E-state index contributed by atoms with van der Waals surface area (Å²) in [5.41, 5.74) is 5.22. The zero-order valence-electron chi connectivity index (χ0n) is 18.2. The van der Waals surface area contributed by atoms with Crippen molar-refractivity contribution in [3.05, 3.63) is 72.2 Å². The minimum absolute atomic E-state index is 0.0821. The molecule has 6 nitrogen and oxygen atoms in total. The first kappa shape index (κ1) is 21.0. The third kappa shape index (κ3) is 5.47. The van der Waals surface area contributed by atoms with Crippen LogP contribution in [0.5, 0.6) is 0 Å². The number of aromatic nitrogens is 2. The van der Waals surface area contributed by atoms with Gasteiger partial charge in [0.1, 0.15) is 5.82 Å². The molecule has 0 radical (unpaired) electrons. The highest BCUT2D eigenvalue weighted by atomic mass is 16.5. The van der Waals surface area contributed by atoms with Crippen molar-refractivity contribution in [1.29, 1.82) is 0 Å². The van der Waals surface area contributed by atoms with E-state index in [1.165, 1.54) is 0 Å². The summed E-state index contributed by atoms with van der Waals surface area (Å²) in [6.07, 6.45) is 4.31. The molecule has 0 bridgehead atoms. The quantitative estimate of drug-likeness (QED) is 0.674. The van der Waals surface area contributed by atoms with E-state index < -0.39 is 0 Å². The van der Waals surface area contributed by atoms with E-state index in [0.29, 0.717) is 12.2 Å². The summed E-state index contributed by atoms with van der Waals surface area (Å²) >= 11 is 0. The molecule has 3 heterocycles. The van der Waals surface area contributed by atoms with Gasteiger partial charge in [-0.3, -0.25) is 9.78 Å². The predicted octanol–water partition coefficient (Wildman–Crippen LogP) is 4.25. The summed E-state index contributed by atoms with van der Waals surface area (Å²) in [4.78, 5) is 23.4. The molecular formula is C25H28N4O2. The molecule has 0 spiro atoms. The summed E-state index contributed by atoms with van der Waals surface area (Å²) in [6, 6.07) is 15.9. The Kier molecular flexibility index (Phi) is 6.28. The van der Waals surface area contributed by atoms with E-state index in [4.69, 9.17) is 4.74 Å². The maximum absolute atomic E-state index is 12.5. The third-order valence-electron chi connectivity index (χ3n) is 5.35. The lowest BCUT2D eigenvalue weighted by Crippen LogP contribution is -2.45. The first-order valence-corrected chi connectivity index (χ1v) is 10.6. The summed E-state index contributed by atoms with van der Waals surface area (Å²) in [6.45, 7) is 7.81. The zero-order chi connectivity index (χ0) is 21.8. The maximum Gasteiger partial charge on any atom is 0.229 e. The van der Waals surface area contributed by atoms with Crippen molar-refractivity contribution in [2.45, 2.75) is 39.4 Å². The van der Waals surface area contributed by atoms with Gasteiger partial charge in [-0.2, -0.15) is 0 Å². The molecule has 2 atom stereocenters. The molecule has 1 aliphatic heterocycles. The molecule has 0 saturated carbocycles. The summed E-state index contributed by atoms with van der Waals surface area (Å²) in [5.74, 6) is 0.480. The largest absolute Gasteiger partial charge is 0.372 e. The van der Waals surface area contributed by atoms with E-state index in [1.807, 2.05) is 61.8 Å². The third-order valence-corrected chi connectivity index (χ3v) is 5.35. The highest BCUT2D eigenvalue weighted by molar-refractivity contribution is 5.91. The molecule has 4 rings (SSSR count). The molecule has 1 amide bonds. The van der Waals surface area contributed by atoms with Crippen LogP contribution in [-0.2, 0) is 16.0 Å². The van der Waals surface area contributed by atoms with E-state index >= 15 is 0 Å². The van der Waals surface area contributed by atoms with Gasteiger partial charge in [0, 0.05) is 25.0 Å². The Morgan fingerprint density at radius 1 is 1.03 bits per heavy atom. The van der Waals surface area contributed by atoms with Gasteiger partial charge in [0.2, 0.25) is 5.91 Å². The lowest BCUT2D eigenvalue weighted by molar-refractivity contribution is -0.115. The van der Waals surface area contributed by atoms with Gasteiger partial charge in [-0.1, -0.05) is 24.3 Å². The monoisotopic (exact) mass is 416 g/mol. The molecule has 3 aromatic rings. The van der Waals surface area contributed by atoms with Crippen LogP contribution in [0.1, 0.15) is 25.1 Å². The van der Waals surface area contributed by atoms with Gasteiger partial charge in [-0.05, 0) is 61.7 Å². The first-order chi connectivity index (χ1) is 15.0. The Morgan fingerprint density at radius 2 is 1.77 bits per heavy atom. The van der Waals surface area contributed by atoms with Crippen molar-refractivity contribution in [2.75, 3.05) is 23.3 Å². The number of morpholine rings is 1. The predicted molar refractivity (Wildman–Crippen MR) is 123 cm³/mol. The van der Waals surface area contributed by atoms with Crippen molar-refractivity contribution in [2.24, 2.45) is 0 Å². The van der Waals surface area contributed by atoms with E-state index in [-0.39, 0.29) is 18.1 Å². The lowest BCUT2D eigenvalue weighted by Gasteiger charge is -2.36. The second-order valence-corrected chi connectivity index (χ2v) is 8.17. The Hall–Kier alpha value is -3.25. The topological polar surface area (TPSA) is 67.4 Å². The van der Waals surface area contributed by atoms with Crippen molar-refractivity contribution in [3.8, 4) is 11.1 Å². The van der Waals surface area contributed by atoms with Crippen LogP contribution >= 0.6 is 0 Å². The molecule has 1 saturated heterocycles. The molecule has 1 fully saturated rings. The van der Waals surface area contributed by atoms with E-state index in [1.54, 1.807) is 0 Å². The minimum Gasteiger partial charge on any atom is -0.372 e. The second kappa shape index (κ2) is 9.27. The standard InChI is InChI=1S/C25H28N4O2/c1-17-12-22(10-11-26-17)21-6-4-20(5-7-21)13-25(30)28-24-9-8-23(14-27-24)29-15-18(2)31-19(3)16-29/h4-12,14,18-19H,13,15-16H2,1-3H3,(H,27,28,30). The Morgan fingerprint density at radius 3 is 2.42 bits per heavy atom. The number of aryl methyl sites for hydroxylation is 1. The molecule has 1 aliphatic rings. The number of hydrogen-bond acceptors (Lipinski definition) is 5. The van der Waals surface area contributed by atoms with Crippen LogP contribution in [0.2, 0.25) is 0 Å². The fourth-order valence-corrected chi connectivity index (χ4v) is 3.95. The lowest BCUT2D eigenvalue weighted by atomic mass is 10.0. The number of hydrogen-bond donors (Lipinski definition) is 1. The SMILES string of the molecule is Cc1cc(-c2ccc(CC(=O)Nc3ccc(N4CC(C)OC(C)C4)cn3)cc2)ccn1. The molecule has 0 aliphatic carbocycles. The summed E-state index contributed by atoms with van der Waals surface area (Å²) in [7, 11) is 0. The van der Waals surface area contributed by atoms with Crippen LogP contribution < -0.4 is 10.2 Å². The van der Waals surface area contributed by atoms with Gasteiger partial charge < -0.3 is 15.0 Å². The van der Waals surface area contributed by atoms with Crippen molar-refractivity contribution in [3.63, 3.8) is 0 Å². The number of pyridine rings is 2. The second-order valence-electron chi connectivity index (χ2n) is 8.17. The summed E-state index contributed by atoms with van der Waals surface area (Å²) < 4.78 is 5.79. The fraction of sp³-hybridized carbons (Fsp3) is 0.320. The highest BCUT2D eigenvalue weighted by Crippen LogP contribution is 2.22. The first-order valence-electron chi connectivity index (χ1n) is 10.6. The van der Waals surface area contributed by atoms with Crippen molar-refractivity contribution >= 4 is 17.4 Å². The molecular weight excluding hydrogens is 388 g/mol. The average molecular weight is 417 g/mol. The van der Waals surface area contributed by atoms with E-state index in [2.05, 4.69) is 40.1 Å². The minimum atomic E-state index is -0.0821. The number of ether oxygens (including phenoxy) is 1. The average Bonchev–Trinajstić information content (AvgIpc) is 2.74. The van der Waals surface area contributed by atoms with Crippen LogP contribution in [0.4, 0.5) is 11.5 Å². The van der Waals surface area contributed by atoms with E-state index in [9.17, 15) is 4.79 Å². The number of nitrogens with one attached hydrogen (secondary N) is 1. The number of carbonyl (C=O) groups excluding carboxylic acids is 1. The molecule has 6 heteroatoms.